The average molecular weight is 348 g/mol. The van der Waals surface area contributed by atoms with Crippen molar-refractivity contribution in [2.24, 2.45) is 5.92 Å². The van der Waals surface area contributed by atoms with E-state index < -0.39 is 5.60 Å². The number of nitrogens with zero attached hydrogens (tertiary/aromatic N) is 2. The van der Waals surface area contributed by atoms with Crippen molar-refractivity contribution < 1.29 is 14.3 Å². The lowest BCUT2D eigenvalue weighted by Gasteiger charge is -2.39. The molecule has 1 amide bonds. The number of alkyl carbamates (subject to hydrolysis) is 1. The average Bonchev–Trinajstić information content (AvgIpc) is 2.92. The van der Waals surface area contributed by atoms with Crippen molar-refractivity contribution >= 4 is 17.5 Å². The number of anilines is 2. The summed E-state index contributed by atoms with van der Waals surface area (Å²) < 4.78 is 11.0. The molecular weight excluding hydrogens is 320 g/mol. The third kappa shape index (κ3) is 4.08. The van der Waals surface area contributed by atoms with Crippen LogP contribution in [0.4, 0.5) is 16.2 Å². The molecule has 1 saturated heterocycles. The van der Waals surface area contributed by atoms with E-state index in [9.17, 15) is 4.79 Å². The zero-order valence-corrected chi connectivity index (χ0v) is 15.5. The zero-order chi connectivity index (χ0) is 18.2. The van der Waals surface area contributed by atoms with E-state index in [1.807, 2.05) is 20.8 Å². The van der Waals surface area contributed by atoms with Crippen molar-refractivity contribution in [1.29, 1.82) is 0 Å². The van der Waals surface area contributed by atoms with Gasteiger partial charge in [0.25, 0.3) is 0 Å². The summed E-state index contributed by atoms with van der Waals surface area (Å²) in [6.07, 6.45) is 3.02. The SMILES string of the molecule is CC1CC(NC(=O)OC(C)(C)C)CN(c2c(N)cnc3c2CCO3)C1. The Hall–Kier alpha value is -2.18. The molecule has 0 bridgehead atoms. The fraction of sp³-hybridized carbons (Fsp3) is 0.667. The van der Waals surface area contributed by atoms with Crippen LogP contribution in [0.2, 0.25) is 0 Å². The quantitative estimate of drug-likeness (QED) is 0.853. The molecule has 1 fully saturated rings. The van der Waals surface area contributed by atoms with Crippen LogP contribution in [-0.4, -0.2) is 42.4 Å². The number of carbonyl (C=O) groups excluding carboxylic acids is 1. The second-order valence-electron chi connectivity index (χ2n) is 8.03. The molecule has 3 N–H and O–H groups in total. The van der Waals surface area contributed by atoms with Crippen LogP contribution in [0, 0.1) is 5.92 Å². The van der Waals surface area contributed by atoms with Gasteiger partial charge in [0, 0.05) is 31.1 Å². The van der Waals surface area contributed by atoms with E-state index in [2.05, 4.69) is 22.1 Å². The van der Waals surface area contributed by atoms with Crippen LogP contribution in [-0.2, 0) is 11.2 Å². The molecule has 2 atom stereocenters. The minimum Gasteiger partial charge on any atom is -0.477 e. The number of pyridine rings is 1. The first kappa shape index (κ1) is 17.6. The Balaban J connectivity index is 1.76. The third-order valence-corrected chi connectivity index (χ3v) is 4.43. The number of fused-ring (bicyclic) bond motifs is 1. The highest BCUT2D eigenvalue weighted by molar-refractivity contribution is 5.74. The largest absolute Gasteiger partial charge is 0.477 e. The zero-order valence-electron chi connectivity index (χ0n) is 15.5. The van der Waals surface area contributed by atoms with Gasteiger partial charge in [-0.15, -0.1) is 0 Å². The van der Waals surface area contributed by atoms with Crippen molar-refractivity contribution in [3.05, 3.63) is 11.8 Å². The number of nitrogens with two attached hydrogens (primary N) is 1. The molecule has 2 unspecified atom stereocenters. The van der Waals surface area contributed by atoms with E-state index in [-0.39, 0.29) is 12.1 Å². The van der Waals surface area contributed by atoms with Gasteiger partial charge in [-0.05, 0) is 33.1 Å². The number of hydrogen-bond acceptors (Lipinski definition) is 6. The Kier molecular flexibility index (Phi) is 4.67. The molecule has 2 aliphatic heterocycles. The number of aromatic nitrogens is 1. The molecule has 1 aromatic heterocycles. The summed E-state index contributed by atoms with van der Waals surface area (Å²) in [5, 5.41) is 3.00. The van der Waals surface area contributed by atoms with E-state index in [0.717, 1.165) is 30.6 Å². The monoisotopic (exact) mass is 348 g/mol. The second-order valence-corrected chi connectivity index (χ2v) is 8.03. The van der Waals surface area contributed by atoms with Crippen molar-refractivity contribution in [2.75, 3.05) is 30.3 Å². The van der Waals surface area contributed by atoms with E-state index in [0.29, 0.717) is 30.6 Å². The van der Waals surface area contributed by atoms with Gasteiger partial charge < -0.3 is 25.4 Å². The number of nitrogen functional groups attached to an aromatic ring is 1. The molecule has 3 heterocycles. The highest BCUT2D eigenvalue weighted by Crippen LogP contribution is 2.38. The molecule has 138 valence electrons. The number of amides is 1. The van der Waals surface area contributed by atoms with Gasteiger partial charge >= 0.3 is 6.09 Å². The number of piperidine rings is 1. The van der Waals surface area contributed by atoms with Gasteiger partial charge in [-0.2, -0.15) is 0 Å². The van der Waals surface area contributed by atoms with E-state index >= 15 is 0 Å². The lowest BCUT2D eigenvalue weighted by molar-refractivity contribution is 0.0495. The maximum Gasteiger partial charge on any atom is 0.407 e. The van der Waals surface area contributed by atoms with Gasteiger partial charge in [0.15, 0.2) is 0 Å². The fourth-order valence-corrected chi connectivity index (χ4v) is 3.63. The number of rotatable bonds is 2. The summed E-state index contributed by atoms with van der Waals surface area (Å²) >= 11 is 0. The van der Waals surface area contributed by atoms with Crippen LogP contribution in [0.25, 0.3) is 0 Å². The van der Waals surface area contributed by atoms with Crippen LogP contribution >= 0.6 is 0 Å². The van der Waals surface area contributed by atoms with Crippen molar-refractivity contribution in [3.8, 4) is 5.88 Å². The first-order valence-corrected chi connectivity index (χ1v) is 8.87. The molecule has 3 rings (SSSR count). The van der Waals surface area contributed by atoms with E-state index in [1.54, 1.807) is 6.20 Å². The molecule has 0 radical (unpaired) electrons. The van der Waals surface area contributed by atoms with Crippen LogP contribution in [0.15, 0.2) is 6.20 Å². The number of nitrogens with one attached hydrogen (secondary N) is 1. The Labute approximate surface area is 148 Å². The number of carbonyl (C=O) groups is 1. The van der Waals surface area contributed by atoms with Gasteiger partial charge in [-0.3, -0.25) is 0 Å². The predicted molar refractivity (Wildman–Crippen MR) is 97.0 cm³/mol. The van der Waals surface area contributed by atoms with E-state index in [4.69, 9.17) is 15.2 Å². The molecular formula is C18H28N4O3. The topological polar surface area (TPSA) is 89.7 Å². The summed E-state index contributed by atoms with van der Waals surface area (Å²) in [6.45, 7) is 10.0. The molecule has 0 spiro atoms. The van der Waals surface area contributed by atoms with Crippen LogP contribution in [0.1, 0.15) is 39.7 Å². The fourth-order valence-electron chi connectivity index (χ4n) is 3.63. The number of hydrogen-bond donors (Lipinski definition) is 2. The predicted octanol–water partition coefficient (Wildman–Crippen LogP) is 2.34. The molecule has 0 aromatic carbocycles. The summed E-state index contributed by atoms with van der Waals surface area (Å²) in [6, 6.07) is 0.0177. The van der Waals surface area contributed by atoms with Gasteiger partial charge in [0.2, 0.25) is 5.88 Å². The van der Waals surface area contributed by atoms with Crippen LogP contribution in [0.5, 0.6) is 5.88 Å². The first-order valence-electron chi connectivity index (χ1n) is 8.87. The normalized spacial score (nSPS) is 23.0. The summed E-state index contributed by atoms with van der Waals surface area (Å²) in [5.41, 5.74) is 8.47. The van der Waals surface area contributed by atoms with Gasteiger partial charge in [-0.1, -0.05) is 6.92 Å². The Morgan fingerprint density at radius 3 is 2.92 bits per heavy atom. The highest BCUT2D eigenvalue weighted by Gasteiger charge is 2.31. The summed E-state index contributed by atoms with van der Waals surface area (Å²) in [7, 11) is 0. The summed E-state index contributed by atoms with van der Waals surface area (Å²) in [4.78, 5) is 18.7. The third-order valence-electron chi connectivity index (χ3n) is 4.43. The van der Waals surface area contributed by atoms with Gasteiger partial charge in [0.1, 0.15) is 5.60 Å². The molecule has 0 aliphatic carbocycles. The minimum absolute atomic E-state index is 0.0177. The first-order chi connectivity index (χ1) is 11.7. The highest BCUT2D eigenvalue weighted by atomic mass is 16.6. The van der Waals surface area contributed by atoms with E-state index in [1.165, 1.54) is 0 Å². The Morgan fingerprint density at radius 2 is 2.20 bits per heavy atom. The second kappa shape index (κ2) is 6.61. The maximum atomic E-state index is 12.1. The minimum atomic E-state index is -0.502. The Morgan fingerprint density at radius 1 is 1.44 bits per heavy atom. The molecule has 7 heteroatoms. The number of ether oxygens (including phenoxy) is 2. The molecule has 7 nitrogen and oxygen atoms in total. The summed E-state index contributed by atoms with van der Waals surface area (Å²) in [5.74, 6) is 1.11. The Bertz CT molecular complexity index is 656. The van der Waals surface area contributed by atoms with Crippen LogP contribution in [0.3, 0.4) is 0 Å². The van der Waals surface area contributed by atoms with Crippen molar-refractivity contribution in [2.45, 2.75) is 52.2 Å². The van der Waals surface area contributed by atoms with Crippen molar-refractivity contribution in [3.63, 3.8) is 0 Å². The lowest BCUT2D eigenvalue weighted by atomic mass is 9.94. The standard InChI is InChI=1S/C18H28N4O3/c1-11-7-12(21-17(23)25-18(2,3)4)10-22(9-11)15-13-5-6-24-16(13)20-8-14(15)19/h8,11-12H,5-7,9-10,19H2,1-4H3,(H,21,23). The lowest BCUT2D eigenvalue weighted by Crippen LogP contribution is -2.51. The van der Waals surface area contributed by atoms with Crippen molar-refractivity contribution in [1.82, 2.24) is 10.3 Å². The molecule has 2 aliphatic rings. The van der Waals surface area contributed by atoms with Gasteiger partial charge in [-0.25, -0.2) is 9.78 Å². The smallest absolute Gasteiger partial charge is 0.407 e. The molecule has 25 heavy (non-hydrogen) atoms. The molecule has 0 saturated carbocycles. The van der Waals surface area contributed by atoms with Gasteiger partial charge in [0.05, 0.1) is 24.2 Å². The maximum absolute atomic E-state index is 12.1. The van der Waals surface area contributed by atoms with Crippen LogP contribution < -0.4 is 20.7 Å². The molecule has 1 aromatic rings.